The molecule has 1 amide bonds. The van der Waals surface area contributed by atoms with Crippen molar-refractivity contribution in [3.8, 4) is 0 Å². The van der Waals surface area contributed by atoms with Gasteiger partial charge in [-0.2, -0.15) is 0 Å². The topological polar surface area (TPSA) is 134 Å². The summed E-state index contributed by atoms with van der Waals surface area (Å²) in [5.41, 5.74) is 11.5. The van der Waals surface area contributed by atoms with Crippen LogP contribution < -0.4 is 11.1 Å². The summed E-state index contributed by atoms with van der Waals surface area (Å²) >= 11 is 0. The summed E-state index contributed by atoms with van der Waals surface area (Å²) < 4.78 is 18.4. The monoisotopic (exact) mass is 718 g/mol. The summed E-state index contributed by atoms with van der Waals surface area (Å²) in [6, 6.07) is 10.7. The minimum Gasteiger partial charge on any atom is -0.458 e. The zero-order valence-electron chi connectivity index (χ0n) is 33.5. The first-order valence-corrected chi connectivity index (χ1v) is 18.7. The molecule has 0 radical (unpaired) electrons. The summed E-state index contributed by atoms with van der Waals surface area (Å²) in [4.78, 5) is 50.5. The van der Waals surface area contributed by atoms with Crippen molar-refractivity contribution in [2.45, 2.75) is 133 Å². The third-order valence-electron chi connectivity index (χ3n) is 10.3. The van der Waals surface area contributed by atoms with E-state index in [1.807, 2.05) is 39.8 Å². The normalized spacial score (nSPS) is 20.9. The second kappa shape index (κ2) is 17.8. The van der Waals surface area contributed by atoms with Crippen LogP contribution in [0.5, 0.6) is 0 Å². The van der Waals surface area contributed by atoms with Crippen LogP contribution in [-0.2, 0) is 39.8 Å². The Hall–Kier alpha value is -3.82. The number of hydrogen-bond acceptors (Lipinski definition) is 8. The van der Waals surface area contributed by atoms with Gasteiger partial charge in [-0.05, 0) is 85.4 Å². The summed E-state index contributed by atoms with van der Waals surface area (Å²) in [7, 11) is 0. The van der Waals surface area contributed by atoms with Crippen LogP contribution >= 0.6 is 0 Å². The van der Waals surface area contributed by atoms with Crippen LogP contribution in [0.15, 0.2) is 36.4 Å². The Kier molecular flexibility index (Phi) is 14.6. The number of aryl methyl sites for hydroxylation is 2. The van der Waals surface area contributed by atoms with Crippen molar-refractivity contribution in [1.82, 2.24) is 5.32 Å². The van der Waals surface area contributed by atoms with Gasteiger partial charge in [0, 0.05) is 44.7 Å². The molecule has 0 bridgehead atoms. The van der Waals surface area contributed by atoms with Crippen molar-refractivity contribution in [1.29, 1.82) is 0 Å². The highest BCUT2D eigenvalue weighted by Gasteiger charge is 2.48. The first-order chi connectivity index (χ1) is 24.2. The molecule has 0 unspecified atom stereocenters. The molecule has 2 aromatic rings. The quantitative estimate of drug-likeness (QED) is 0.181. The number of esters is 2. The molecular weight excluding hydrogens is 656 g/mol. The smallest absolute Gasteiger partial charge is 0.303 e. The lowest BCUT2D eigenvalue weighted by atomic mass is 9.77. The Morgan fingerprint density at radius 2 is 1.58 bits per heavy atom. The number of nitrogens with one attached hydrogen (secondary N) is 1. The van der Waals surface area contributed by atoms with Crippen LogP contribution in [-0.4, -0.2) is 55.0 Å². The molecule has 286 valence electrons. The zero-order valence-corrected chi connectivity index (χ0v) is 33.5. The molecule has 0 saturated carbocycles. The molecule has 0 aliphatic carbocycles. The van der Waals surface area contributed by atoms with E-state index in [0.717, 1.165) is 33.4 Å². The first kappa shape index (κ1) is 42.6. The van der Waals surface area contributed by atoms with Crippen molar-refractivity contribution in [2.24, 2.45) is 22.5 Å². The number of carbonyl (C=O) groups excluding carboxylic acids is 4. The zero-order chi connectivity index (χ0) is 39.1. The number of allylic oxidation sites excluding steroid dienone is 1. The van der Waals surface area contributed by atoms with Gasteiger partial charge in [-0.3, -0.25) is 19.2 Å². The number of rotatable bonds is 15. The predicted octanol–water partition coefficient (Wildman–Crippen LogP) is 7.47. The summed E-state index contributed by atoms with van der Waals surface area (Å²) in [5.74, 6) is -0.980. The van der Waals surface area contributed by atoms with Crippen LogP contribution in [0.25, 0.3) is 6.08 Å². The lowest BCUT2D eigenvalue weighted by Crippen LogP contribution is -2.53. The van der Waals surface area contributed by atoms with Crippen molar-refractivity contribution < 1.29 is 33.4 Å². The van der Waals surface area contributed by atoms with Gasteiger partial charge in [-0.15, -0.1) is 0 Å². The number of nitrogens with two attached hydrogens (primary N) is 1. The van der Waals surface area contributed by atoms with Gasteiger partial charge >= 0.3 is 11.9 Å². The van der Waals surface area contributed by atoms with E-state index in [1.165, 1.54) is 19.4 Å². The molecule has 1 fully saturated rings. The van der Waals surface area contributed by atoms with Gasteiger partial charge < -0.3 is 25.3 Å². The van der Waals surface area contributed by atoms with Gasteiger partial charge in [0.05, 0.1) is 11.5 Å². The van der Waals surface area contributed by atoms with Gasteiger partial charge in [0.1, 0.15) is 18.0 Å². The fourth-order valence-corrected chi connectivity index (χ4v) is 7.03. The van der Waals surface area contributed by atoms with E-state index in [1.54, 1.807) is 13.8 Å². The number of ketones is 1. The first-order valence-electron chi connectivity index (χ1n) is 18.7. The molecule has 9 nitrogen and oxygen atoms in total. The molecule has 1 heterocycles. The van der Waals surface area contributed by atoms with E-state index in [9.17, 15) is 19.2 Å². The third kappa shape index (κ3) is 10.6. The van der Waals surface area contributed by atoms with E-state index < -0.39 is 41.1 Å². The van der Waals surface area contributed by atoms with E-state index in [4.69, 9.17) is 19.9 Å². The highest BCUT2D eigenvalue weighted by Crippen LogP contribution is 2.42. The average molecular weight is 719 g/mol. The molecule has 3 rings (SSSR count). The van der Waals surface area contributed by atoms with Crippen molar-refractivity contribution in [2.75, 3.05) is 13.1 Å². The maximum Gasteiger partial charge on any atom is 0.303 e. The van der Waals surface area contributed by atoms with E-state index >= 15 is 0 Å². The Labute approximate surface area is 311 Å². The predicted molar refractivity (Wildman–Crippen MR) is 206 cm³/mol. The fraction of sp³-hybridized carbons (Fsp3) is 0.581. The van der Waals surface area contributed by atoms with Crippen molar-refractivity contribution in [3.05, 3.63) is 75.4 Å². The van der Waals surface area contributed by atoms with E-state index in [2.05, 4.69) is 63.3 Å². The second-order valence-electron chi connectivity index (χ2n) is 16.0. The summed E-state index contributed by atoms with van der Waals surface area (Å²) in [5, 5.41) is 2.80. The number of Topliss-reactive ketones (excluding diaryl/α,β-unsaturated/α-hetero) is 1. The van der Waals surface area contributed by atoms with E-state index in [-0.39, 0.29) is 36.1 Å². The molecule has 1 aliphatic rings. The fourth-order valence-electron chi connectivity index (χ4n) is 7.03. The molecule has 5 atom stereocenters. The van der Waals surface area contributed by atoms with Crippen LogP contribution in [0.3, 0.4) is 0 Å². The minimum absolute atomic E-state index is 0.0156. The van der Waals surface area contributed by atoms with Gasteiger partial charge in [0.25, 0.3) is 0 Å². The molecule has 2 aromatic carbocycles. The minimum atomic E-state index is -0.842. The summed E-state index contributed by atoms with van der Waals surface area (Å²) in [6.07, 6.45) is 3.15. The second-order valence-corrected chi connectivity index (χ2v) is 16.0. The SMILES string of the molecule is CC[C@H]1O[C@@H](c2cc(Cc3ccc(/C=C/C(C)(C)C(=O)CC(C)(C)C(=O)NCCN)cc3C)c(C(C)C)cc2C)[C@H](OC(C)=O)[C@@H](OC(C)=O)[C@@H]1C. The van der Waals surface area contributed by atoms with Gasteiger partial charge in [-0.1, -0.05) is 84.0 Å². The largest absolute Gasteiger partial charge is 0.458 e. The number of ether oxygens (including phenoxy) is 3. The highest BCUT2D eigenvalue weighted by molar-refractivity contribution is 5.93. The van der Waals surface area contributed by atoms with Crippen LogP contribution in [0.2, 0.25) is 0 Å². The van der Waals surface area contributed by atoms with Crippen LogP contribution in [0.4, 0.5) is 0 Å². The summed E-state index contributed by atoms with van der Waals surface area (Å²) in [6.45, 7) is 23.3. The Morgan fingerprint density at radius 3 is 2.13 bits per heavy atom. The molecule has 0 spiro atoms. The highest BCUT2D eigenvalue weighted by atomic mass is 16.6. The van der Waals surface area contributed by atoms with E-state index in [0.29, 0.717) is 25.9 Å². The molecule has 1 saturated heterocycles. The maximum absolute atomic E-state index is 13.3. The van der Waals surface area contributed by atoms with Crippen molar-refractivity contribution in [3.63, 3.8) is 0 Å². The lowest BCUT2D eigenvalue weighted by Gasteiger charge is -2.45. The van der Waals surface area contributed by atoms with Crippen LogP contribution in [0, 0.1) is 30.6 Å². The molecule has 0 aromatic heterocycles. The molecule has 3 N–H and O–H groups in total. The standard InChI is InChI=1S/C43H62N2O7/c1-13-36-28(6)38(50-29(7)46)40(51-30(8)47)39(52-36)35-23-33(34(25(2)3)21-27(35)5)22-32-15-14-31(20-26(32)4)16-17-42(9,10)37(48)24-43(11,12)41(49)45-19-18-44/h14-17,20-21,23,25,28,36,38-40H,13,18-19,22,24,44H2,1-12H3,(H,45,49)/b17-16+/t28-,36-,38+,39+,40-/m1/s1. The molecular formula is C43H62N2O7. The number of carbonyl (C=O) groups is 4. The number of amides is 1. The molecule has 9 heteroatoms. The number of benzene rings is 2. The lowest BCUT2D eigenvalue weighted by molar-refractivity contribution is -0.225. The van der Waals surface area contributed by atoms with Gasteiger partial charge in [0.2, 0.25) is 5.91 Å². The average Bonchev–Trinajstić information content (AvgIpc) is 3.05. The molecule has 1 aliphatic heterocycles. The number of hydrogen-bond donors (Lipinski definition) is 2. The molecule has 52 heavy (non-hydrogen) atoms. The van der Waals surface area contributed by atoms with Gasteiger partial charge in [-0.25, -0.2) is 0 Å². The van der Waals surface area contributed by atoms with Crippen molar-refractivity contribution >= 4 is 29.7 Å². The Balaban J connectivity index is 1.94. The van der Waals surface area contributed by atoms with Crippen LogP contribution in [0.1, 0.15) is 133 Å². The third-order valence-corrected chi connectivity index (χ3v) is 10.3. The Bertz CT molecular complexity index is 1640. The van der Waals surface area contributed by atoms with Gasteiger partial charge in [0.15, 0.2) is 6.10 Å². The Morgan fingerprint density at radius 1 is 0.942 bits per heavy atom. The maximum atomic E-state index is 13.3.